The summed E-state index contributed by atoms with van der Waals surface area (Å²) in [7, 11) is 0. The molecule has 29 valence electrons. The predicted molar refractivity (Wildman–Crippen MR) is 22.6 cm³/mol. The van der Waals surface area contributed by atoms with Gasteiger partial charge >= 0.3 is 0 Å². The molecule has 0 fully saturated rings. The molecule has 0 aromatic carbocycles. The van der Waals surface area contributed by atoms with Crippen molar-refractivity contribution in [1.29, 1.82) is 0 Å². The van der Waals surface area contributed by atoms with E-state index in [1.165, 1.54) is 0 Å². The summed E-state index contributed by atoms with van der Waals surface area (Å²) in [5.41, 5.74) is 0. The molecule has 1 aliphatic rings. The number of hydrogen-bond acceptors (Lipinski definition) is 0. The maximum atomic E-state index is 2.00. The van der Waals surface area contributed by atoms with Gasteiger partial charge in [-0.05, 0) is 0 Å². The zero-order valence-corrected chi connectivity index (χ0v) is 4.95. The maximum absolute atomic E-state index is 2.00. The van der Waals surface area contributed by atoms with Crippen LogP contribution in [0.4, 0.5) is 0 Å². The molecule has 0 heterocycles. The van der Waals surface area contributed by atoms with Crippen molar-refractivity contribution in [3.8, 4) is 0 Å². The van der Waals surface area contributed by atoms with E-state index in [9.17, 15) is 0 Å². The van der Waals surface area contributed by atoms with Crippen molar-refractivity contribution in [2.24, 2.45) is 0 Å². The first-order valence-electron chi connectivity index (χ1n) is 1.67. The second kappa shape index (κ2) is 3.39. The Bertz CT molecular complexity index is 62.0. The summed E-state index contributed by atoms with van der Waals surface area (Å²) >= 11 is 0. The minimum atomic E-state index is 0. The van der Waals surface area contributed by atoms with Crippen LogP contribution in [0.2, 0.25) is 0 Å². The molecule has 0 amide bonds. The Kier molecular flexibility index (Phi) is 3.50. The van der Waals surface area contributed by atoms with Crippen LogP contribution in [0.15, 0.2) is 24.3 Å². The summed E-state index contributed by atoms with van der Waals surface area (Å²) in [6, 6.07) is 0. The van der Waals surface area contributed by atoms with Gasteiger partial charge in [-0.3, -0.25) is 0 Å². The van der Waals surface area contributed by atoms with Crippen LogP contribution in [0, 0.1) is 6.42 Å². The summed E-state index contributed by atoms with van der Waals surface area (Å²) in [4.78, 5) is 0. The fraction of sp³-hybridized carbons (Fsp3) is 0. The van der Waals surface area contributed by atoms with Gasteiger partial charge in [-0.1, -0.05) is 24.3 Å². The Morgan fingerprint density at radius 3 is 1.33 bits per heavy atom. The normalized spacial score (nSPS) is 14.7. The van der Waals surface area contributed by atoms with Crippen molar-refractivity contribution in [2.45, 2.75) is 0 Å². The van der Waals surface area contributed by atoms with Crippen LogP contribution in [0.5, 0.6) is 0 Å². The SMILES string of the molecule is [CH]1C=CC=C1.[Ti]. The molecule has 0 saturated carbocycles. The smallest absolute Gasteiger partial charge is 0.00506 e. The van der Waals surface area contributed by atoms with Crippen molar-refractivity contribution in [2.75, 3.05) is 0 Å². The van der Waals surface area contributed by atoms with Gasteiger partial charge in [-0.2, -0.15) is 0 Å². The average Bonchev–Trinajstić information content (AvgIpc) is 1.76. The summed E-state index contributed by atoms with van der Waals surface area (Å²) in [6.07, 6.45) is 10.0. The van der Waals surface area contributed by atoms with Gasteiger partial charge in [0.25, 0.3) is 0 Å². The second-order valence-corrected chi connectivity index (χ2v) is 0.962. The van der Waals surface area contributed by atoms with Crippen molar-refractivity contribution in [1.82, 2.24) is 0 Å². The molecule has 1 heteroatoms. The molecule has 0 saturated heterocycles. The average molecular weight is 113 g/mol. The summed E-state index contributed by atoms with van der Waals surface area (Å²) in [5, 5.41) is 0. The zero-order chi connectivity index (χ0) is 3.54. The third kappa shape index (κ3) is 1.59. The summed E-state index contributed by atoms with van der Waals surface area (Å²) in [5.74, 6) is 0. The second-order valence-electron chi connectivity index (χ2n) is 0.962. The van der Waals surface area contributed by atoms with E-state index in [1.807, 2.05) is 30.7 Å². The van der Waals surface area contributed by atoms with Gasteiger partial charge in [0.2, 0.25) is 0 Å². The summed E-state index contributed by atoms with van der Waals surface area (Å²) in [6.45, 7) is 0. The van der Waals surface area contributed by atoms with Crippen LogP contribution in [-0.2, 0) is 21.7 Å². The first-order valence-corrected chi connectivity index (χ1v) is 1.67. The van der Waals surface area contributed by atoms with E-state index in [4.69, 9.17) is 0 Å². The molecule has 0 atom stereocenters. The molecule has 1 aliphatic carbocycles. The van der Waals surface area contributed by atoms with E-state index < -0.39 is 0 Å². The van der Waals surface area contributed by atoms with Gasteiger partial charge in [0, 0.05) is 28.1 Å². The monoisotopic (exact) mass is 113 g/mol. The molecule has 0 aromatic rings. The van der Waals surface area contributed by atoms with Crippen LogP contribution in [-0.4, -0.2) is 0 Å². The van der Waals surface area contributed by atoms with E-state index >= 15 is 0 Å². The molecular formula is C5H5Ti. The Hall–Kier alpha value is 0.194. The molecule has 0 aliphatic heterocycles. The number of rotatable bonds is 0. The predicted octanol–water partition coefficient (Wildman–Crippen LogP) is 1.31. The van der Waals surface area contributed by atoms with Crippen molar-refractivity contribution < 1.29 is 21.7 Å². The number of allylic oxidation sites excluding steroid dienone is 4. The van der Waals surface area contributed by atoms with Gasteiger partial charge < -0.3 is 0 Å². The Morgan fingerprint density at radius 1 is 0.667 bits per heavy atom. The molecule has 0 unspecified atom stereocenters. The minimum Gasteiger partial charge on any atom is -0.0767 e. The Balaban J connectivity index is 0.000000250. The van der Waals surface area contributed by atoms with Gasteiger partial charge in [-0.15, -0.1) is 0 Å². The van der Waals surface area contributed by atoms with Crippen molar-refractivity contribution in [3.05, 3.63) is 30.7 Å². The van der Waals surface area contributed by atoms with E-state index in [-0.39, 0.29) is 21.7 Å². The Morgan fingerprint density at radius 2 is 1.17 bits per heavy atom. The fourth-order valence-electron chi connectivity index (χ4n) is 0.321. The van der Waals surface area contributed by atoms with Gasteiger partial charge in [0.05, 0.1) is 0 Å². The Labute approximate surface area is 52.8 Å². The molecule has 1 radical (unpaired) electrons. The quantitative estimate of drug-likeness (QED) is 0.415. The van der Waals surface area contributed by atoms with E-state index in [2.05, 4.69) is 0 Å². The first kappa shape index (κ1) is 6.19. The molecule has 0 bridgehead atoms. The van der Waals surface area contributed by atoms with Crippen molar-refractivity contribution in [3.63, 3.8) is 0 Å². The molecule has 6 heavy (non-hydrogen) atoms. The first-order chi connectivity index (χ1) is 2.50. The molecule has 0 aromatic heterocycles. The van der Waals surface area contributed by atoms with Gasteiger partial charge in [0.1, 0.15) is 0 Å². The third-order valence-electron chi connectivity index (χ3n) is 0.556. The van der Waals surface area contributed by atoms with E-state index in [0.29, 0.717) is 0 Å². The van der Waals surface area contributed by atoms with E-state index in [1.54, 1.807) is 0 Å². The van der Waals surface area contributed by atoms with E-state index in [0.717, 1.165) is 0 Å². The zero-order valence-electron chi connectivity index (χ0n) is 3.39. The van der Waals surface area contributed by atoms with Crippen LogP contribution >= 0.6 is 0 Å². The van der Waals surface area contributed by atoms with Gasteiger partial charge in [0.15, 0.2) is 0 Å². The molecule has 0 nitrogen and oxygen atoms in total. The number of hydrogen-bond donors (Lipinski definition) is 0. The molecule has 1 rings (SSSR count). The van der Waals surface area contributed by atoms with Crippen LogP contribution < -0.4 is 0 Å². The molecule has 0 N–H and O–H groups in total. The van der Waals surface area contributed by atoms with Crippen LogP contribution in [0.25, 0.3) is 0 Å². The summed E-state index contributed by atoms with van der Waals surface area (Å²) < 4.78 is 0. The standard InChI is InChI=1S/C5H5.Ti/c1-2-4-5-3-1;/h1-5H;. The van der Waals surface area contributed by atoms with Crippen LogP contribution in [0.1, 0.15) is 0 Å². The van der Waals surface area contributed by atoms with Crippen LogP contribution in [0.3, 0.4) is 0 Å². The fourth-order valence-corrected chi connectivity index (χ4v) is 0.321. The maximum Gasteiger partial charge on any atom is 0.00506 e. The van der Waals surface area contributed by atoms with Gasteiger partial charge in [-0.25, -0.2) is 0 Å². The molecular weight excluding hydrogens is 108 g/mol. The topological polar surface area (TPSA) is 0 Å². The van der Waals surface area contributed by atoms with Crippen molar-refractivity contribution >= 4 is 0 Å². The third-order valence-corrected chi connectivity index (χ3v) is 0.556. The largest absolute Gasteiger partial charge is 0.0767 e. The molecule has 0 spiro atoms. The minimum absolute atomic E-state index is 0.